The van der Waals surface area contributed by atoms with Crippen LogP contribution in [0.2, 0.25) is 0 Å². The molecule has 2 N–H and O–H groups in total. The van der Waals surface area contributed by atoms with Crippen molar-refractivity contribution in [1.82, 2.24) is 9.97 Å². The second kappa shape index (κ2) is 5.14. The molecule has 16 heavy (non-hydrogen) atoms. The van der Waals surface area contributed by atoms with Crippen LogP contribution in [0.3, 0.4) is 0 Å². The summed E-state index contributed by atoms with van der Waals surface area (Å²) in [4.78, 5) is 8.13. The molecule has 1 fully saturated rings. The van der Waals surface area contributed by atoms with Crippen molar-refractivity contribution in [2.45, 2.75) is 45.1 Å². The van der Waals surface area contributed by atoms with Crippen LogP contribution in [0.5, 0.6) is 6.01 Å². The number of hydrogen-bond donors (Lipinski definition) is 1. The lowest BCUT2D eigenvalue weighted by Crippen LogP contribution is -2.25. The third kappa shape index (κ3) is 2.84. The Balaban J connectivity index is 1.94. The number of aromatic nitrogens is 2. The van der Waals surface area contributed by atoms with E-state index in [1.54, 1.807) is 12.3 Å². The first kappa shape index (κ1) is 11.2. The Labute approximate surface area is 96.2 Å². The molecule has 2 atom stereocenters. The SMILES string of the molecule is CCC1CCCC(Oc2nccc(N)n2)C1. The monoisotopic (exact) mass is 221 g/mol. The minimum atomic E-state index is 0.264. The van der Waals surface area contributed by atoms with Crippen LogP contribution in [-0.4, -0.2) is 16.1 Å². The summed E-state index contributed by atoms with van der Waals surface area (Å²) in [6, 6.07) is 2.09. The first-order valence-electron chi connectivity index (χ1n) is 6.03. The molecule has 0 aliphatic heterocycles. The number of anilines is 1. The molecule has 1 aliphatic carbocycles. The standard InChI is InChI=1S/C12H19N3O/c1-2-9-4-3-5-10(8-9)16-12-14-7-6-11(13)15-12/h6-7,9-10H,2-5,8H2,1H3,(H2,13,14,15). The largest absolute Gasteiger partial charge is 0.460 e. The Hall–Kier alpha value is -1.32. The zero-order valence-electron chi connectivity index (χ0n) is 9.72. The predicted molar refractivity (Wildman–Crippen MR) is 63.1 cm³/mol. The first-order valence-corrected chi connectivity index (χ1v) is 6.03. The van der Waals surface area contributed by atoms with Crippen LogP contribution in [0, 0.1) is 5.92 Å². The van der Waals surface area contributed by atoms with Crippen molar-refractivity contribution in [3.05, 3.63) is 12.3 Å². The van der Waals surface area contributed by atoms with Gasteiger partial charge in [-0.1, -0.05) is 19.8 Å². The van der Waals surface area contributed by atoms with Crippen LogP contribution in [-0.2, 0) is 0 Å². The first-order chi connectivity index (χ1) is 7.78. The van der Waals surface area contributed by atoms with Crippen molar-refractivity contribution < 1.29 is 4.74 Å². The average molecular weight is 221 g/mol. The van der Waals surface area contributed by atoms with Crippen LogP contribution in [0.25, 0.3) is 0 Å². The maximum absolute atomic E-state index is 5.77. The van der Waals surface area contributed by atoms with Gasteiger partial charge in [0.2, 0.25) is 0 Å². The van der Waals surface area contributed by atoms with Gasteiger partial charge in [0.1, 0.15) is 11.9 Å². The molecule has 1 saturated carbocycles. The van der Waals surface area contributed by atoms with Gasteiger partial charge in [-0.3, -0.25) is 0 Å². The van der Waals surface area contributed by atoms with E-state index in [0.717, 1.165) is 18.8 Å². The molecule has 4 heteroatoms. The number of ether oxygens (including phenoxy) is 1. The summed E-state index contributed by atoms with van der Waals surface area (Å²) in [5.41, 5.74) is 5.59. The van der Waals surface area contributed by atoms with Crippen LogP contribution < -0.4 is 10.5 Å². The average Bonchev–Trinajstić information content (AvgIpc) is 2.29. The van der Waals surface area contributed by atoms with Gasteiger partial charge in [0, 0.05) is 6.20 Å². The predicted octanol–water partition coefficient (Wildman–Crippen LogP) is 2.41. The number of nitrogen functional groups attached to an aromatic ring is 1. The van der Waals surface area contributed by atoms with Gasteiger partial charge in [-0.25, -0.2) is 4.98 Å². The highest BCUT2D eigenvalue weighted by molar-refractivity contribution is 5.26. The quantitative estimate of drug-likeness (QED) is 0.851. The molecule has 0 amide bonds. The summed E-state index contributed by atoms with van der Waals surface area (Å²) >= 11 is 0. The molecule has 0 radical (unpaired) electrons. The van der Waals surface area contributed by atoms with Crippen molar-refractivity contribution in [2.24, 2.45) is 5.92 Å². The molecule has 2 rings (SSSR count). The van der Waals surface area contributed by atoms with Gasteiger partial charge in [-0.05, 0) is 31.2 Å². The van der Waals surface area contributed by atoms with Gasteiger partial charge in [0.15, 0.2) is 0 Å². The van der Waals surface area contributed by atoms with Crippen LogP contribution in [0.1, 0.15) is 39.0 Å². The maximum Gasteiger partial charge on any atom is 0.318 e. The Bertz CT molecular complexity index is 343. The molecular formula is C12H19N3O. The molecule has 0 aromatic carbocycles. The lowest BCUT2D eigenvalue weighted by molar-refractivity contribution is 0.112. The Morgan fingerprint density at radius 2 is 2.38 bits per heavy atom. The van der Waals surface area contributed by atoms with Crippen LogP contribution in [0.4, 0.5) is 5.82 Å². The zero-order valence-corrected chi connectivity index (χ0v) is 9.72. The molecule has 1 heterocycles. The summed E-state index contributed by atoms with van der Waals surface area (Å²) in [6.07, 6.45) is 7.93. The van der Waals surface area contributed by atoms with E-state index >= 15 is 0 Å². The summed E-state index contributed by atoms with van der Waals surface area (Å²) in [6.45, 7) is 2.24. The summed E-state index contributed by atoms with van der Waals surface area (Å²) in [5, 5.41) is 0. The van der Waals surface area contributed by atoms with Crippen LogP contribution >= 0.6 is 0 Å². The van der Waals surface area contributed by atoms with Gasteiger partial charge < -0.3 is 10.5 Å². The van der Waals surface area contributed by atoms with E-state index in [9.17, 15) is 0 Å². The molecule has 0 saturated heterocycles. The van der Waals surface area contributed by atoms with E-state index in [0.29, 0.717) is 11.8 Å². The molecule has 1 aromatic heterocycles. The van der Waals surface area contributed by atoms with E-state index in [4.69, 9.17) is 10.5 Å². The maximum atomic E-state index is 5.77. The smallest absolute Gasteiger partial charge is 0.318 e. The molecule has 2 unspecified atom stereocenters. The molecule has 1 aromatic rings. The topological polar surface area (TPSA) is 61.0 Å². The van der Waals surface area contributed by atoms with Crippen LogP contribution in [0.15, 0.2) is 12.3 Å². The number of nitrogens with two attached hydrogens (primary N) is 1. The van der Waals surface area contributed by atoms with Gasteiger partial charge in [-0.2, -0.15) is 4.98 Å². The minimum Gasteiger partial charge on any atom is -0.460 e. The third-order valence-electron chi connectivity index (χ3n) is 3.24. The molecule has 0 spiro atoms. The summed E-state index contributed by atoms with van der Waals surface area (Å²) in [5.74, 6) is 1.26. The second-order valence-corrected chi connectivity index (χ2v) is 4.44. The number of rotatable bonds is 3. The Kier molecular flexibility index (Phi) is 3.59. The fourth-order valence-electron chi connectivity index (χ4n) is 2.28. The minimum absolute atomic E-state index is 0.264. The Morgan fingerprint density at radius 3 is 3.12 bits per heavy atom. The van der Waals surface area contributed by atoms with Crippen molar-refractivity contribution in [2.75, 3.05) is 5.73 Å². The second-order valence-electron chi connectivity index (χ2n) is 4.44. The van der Waals surface area contributed by atoms with E-state index < -0.39 is 0 Å². The highest BCUT2D eigenvalue weighted by Gasteiger charge is 2.22. The van der Waals surface area contributed by atoms with Crippen molar-refractivity contribution >= 4 is 5.82 Å². The van der Waals surface area contributed by atoms with E-state index in [-0.39, 0.29) is 6.10 Å². The molecule has 0 bridgehead atoms. The van der Waals surface area contributed by atoms with Crippen molar-refractivity contribution in [3.8, 4) is 6.01 Å². The molecule has 88 valence electrons. The Morgan fingerprint density at radius 1 is 1.50 bits per heavy atom. The lowest BCUT2D eigenvalue weighted by atomic mass is 9.86. The molecule has 1 aliphatic rings. The van der Waals surface area contributed by atoms with E-state index in [2.05, 4.69) is 16.9 Å². The normalized spacial score (nSPS) is 25.3. The van der Waals surface area contributed by atoms with E-state index in [1.165, 1.54) is 19.3 Å². The molecule has 4 nitrogen and oxygen atoms in total. The van der Waals surface area contributed by atoms with Gasteiger partial charge in [0.25, 0.3) is 0 Å². The van der Waals surface area contributed by atoms with Crippen molar-refractivity contribution in [1.29, 1.82) is 0 Å². The van der Waals surface area contributed by atoms with E-state index in [1.807, 2.05) is 0 Å². The highest BCUT2D eigenvalue weighted by atomic mass is 16.5. The van der Waals surface area contributed by atoms with Gasteiger partial charge in [0.05, 0.1) is 0 Å². The number of nitrogens with zero attached hydrogens (tertiary/aromatic N) is 2. The summed E-state index contributed by atoms with van der Waals surface area (Å²) in [7, 11) is 0. The number of hydrogen-bond acceptors (Lipinski definition) is 4. The fourth-order valence-corrected chi connectivity index (χ4v) is 2.28. The van der Waals surface area contributed by atoms with Gasteiger partial charge >= 0.3 is 6.01 Å². The third-order valence-corrected chi connectivity index (χ3v) is 3.24. The molecular weight excluding hydrogens is 202 g/mol. The summed E-state index contributed by atoms with van der Waals surface area (Å²) < 4.78 is 5.77. The van der Waals surface area contributed by atoms with Crippen molar-refractivity contribution in [3.63, 3.8) is 0 Å². The van der Waals surface area contributed by atoms with Gasteiger partial charge in [-0.15, -0.1) is 0 Å². The highest BCUT2D eigenvalue weighted by Crippen LogP contribution is 2.28. The zero-order chi connectivity index (χ0) is 11.4. The lowest BCUT2D eigenvalue weighted by Gasteiger charge is -2.28. The fraction of sp³-hybridized carbons (Fsp3) is 0.667.